The van der Waals surface area contributed by atoms with E-state index in [4.69, 9.17) is 14.9 Å². The molecule has 0 bridgehead atoms. The molecule has 2 amide bonds. The van der Waals surface area contributed by atoms with Crippen molar-refractivity contribution in [1.29, 1.82) is 0 Å². The molecule has 0 aliphatic carbocycles. The van der Waals surface area contributed by atoms with Crippen LogP contribution in [0.15, 0.2) is 0 Å². The Bertz CT molecular complexity index is 209. The maximum Gasteiger partial charge on any atom is 0.407 e. The third kappa shape index (κ3) is 7.71. The lowest BCUT2D eigenvalue weighted by Crippen LogP contribution is -2.38. The quantitative estimate of drug-likeness (QED) is 0.464. The van der Waals surface area contributed by atoms with Crippen molar-refractivity contribution in [3.8, 4) is 0 Å². The molecule has 0 aromatic rings. The molecule has 0 spiro atoms. The maximum absolute atomic E-state index is 11.1. The Morgan fingerprint density at radius 2 is 2.07 bits per heavy atom. The number of carbonyl (C=O) groups is 2. The van der Waals surface area contributed by atoms with Crippen LogP contribution in [0.1, 0.15) is 0 Å². The van der Waals surface area contributed by atoms with E-state index in [1.165, 1.54) is 7.05 Å². The fourth-order valence-corrected chi connectivity index (χ4v) is 0.768. The summed E-state index contributed by atoms with van der Waals surface area (Å²) in [5, 5.41) is 19.3. The average molecular weight is 220 g/mol. The van der Waals surface area contributed by atoms with Gasteiger partial charge >= 0.3 is 6.09 Å². The largest absolute Gasteiger partial charge is 0.465 e. The summed E-state index contributed by atoms with van der Waals surface area (Å²) in [6.07, 6.45) is -1.15. The van der Waals surface area contributed by atoms with Gasteiger partial charge in [-0.05, 0) is 0 Å². The van der Waals surface area contributed by atoms with Gasteiger partial charge in [-0.3, -0.25) is 4.79 Å². The summed E-state index contributed by atoms with van der Waals surface area (Å²) in [6.45, 7) is 0.561. The lowest BCUT2D eigenvalue weighted by Gasteiger charge is -2.12. The molecule has 0 fully saturated rings. The molecule has 7 nitrogen and oxygen atoms in total. The SMILES string of the molecule is CN(CC(=O)NCCOCCO)C(=O)O. The number of aliphatic hydroxyl groups is 1. The van der Waals surface area contributed by atoms with E-state index < -0.39 is 6.09 Å². The number of amides is 2. The highest BCUT2D eigenvalue weighted by molar-refractivity contribution is 5.81. The first kappa shape index (κ1) is 13.7. The molecule has 0 aliphatic rings. The van der Waals surface area contributed by atoms with Crippen LogP contribution in [0.4, 0.5) is 4.79 Å². The number of ether oxygens (including phenoxy) is 1. The Balaban J connectivity index is 3.45. The number of likely N-dealkylation sites (N-methyl/N-ethyl adjacent to an activating group) is 1. The van der Waals surface area contributed by atoms with Crippen LogP contribution in [0.2, 0.25) is 0 Å². The second-order valence-electron chi connectivity index (χ2n) is 2.82. The second kappa shape index (κ2) is 8.01. The fourth-order valence-electron chi connectivity index (χ4n) is 0.768. The zero-order valence-corrected chi connectivity index (χ0v) is 8.60. The van der Waals surface area contributed by atoms with Crippen LogP contribution in [-0.4, -0.2) is 67.1 Å². The van der Waals surface area contributed by atoms with Crippen molar-refractivity contribution in [1.82, 2.24) is 10.2 Å². The minimum Gasteiger partial charge on any atom is -0.465 e. The fraction of sp³-hybridized carbons (Fsp3) is 0.750. The van der Waals surface area contributed by atoms with Crippen LogP contribution in [0.5, 0.6) is 0 Å². The molecule has 0 heterocycles. The predicted molar refractivity (Wildman–Crippen MR) is 51.6 cm³/mol. The topological polar surface area (TPSA) is 99.1 Å². The van der Waals surface area contributed by atoms with Crippen molar-refractivity contribution in [2.24, 2.45) is 0 Å². The summed E-state index contributed by atoms with van der Waals surface area (Å²) in [7, 11) is 1.31. The summed E-state index contributed by atoms with van der Waals surface area (Å²) in [5.41, 5.74) is 0. The van der Waals surface area contributed by atoms with Crippen molar-refractivity contribution < 1.29 is 24.5 Å². The highest BCUT2D eigenvalue weighted by Crippen LogP contribution is 1.82. The van der Waals surface area contributed by atoms with Gasteiger partial charge in [0.25, 0.3) is 0 Å². The zero-order chi connectivity index (χ0) is 11.7. The lowest BCUT2D eigenvalue weighted by molar-refractivity contribution is -0.121. The van der Waals surface area contributed by atoms with Crippen LogP contribution in [0.25, 0.3) is 0 Å². The third-order valence-electron chi connectivity index (χ3n) is 1.51. The number of carboxylic acid groups (broad SMARTS) is 1. The molecular formula is C8H16N2O5. The number of aliphatic hydroxyl groups excluding tert-OH is 1. The van der Waals surface area contributed by atoms with Gasteiger partial charge < -0.3 is 25.2 Å². The summed E-state index contributed by atoms with van der Waals surface area (Å²) >= 11 is 0. The van der Waals surface area contributed by atoms with Crippen molar-refractivity contribution in [2.75, 3.05) is 40.0 Å². The normalized spacial score (nSPS) is 9.73. The standard InChI is InChI=1S/C8H16N2O5/c1-10(8(13)14)6-7(12)9-2-4-15-5-3-11/h11H,2-6H2,1H3,(H,9,12)(H,13,14). The zero-order valence-electron chi connectivity index (χ0n) is 8.60. The predicted octanol–water partition coefficient (Wildman–Crippen LogP) is -1.28. The number of nitrogens with one attached hydrogen (secondary N) is 1. The molecule has 7 heteroatoms. The molecule has 0 aromatic heterocycles. The number of carbonyl (C=O) groups excluding carboxylic acids is 1. The van der Waals surface area contributed by atoms with E-state index in [-0.39, 0.29) is 25.7 Å². The smallest absolute Gasteiger partial charge is 0.407 e. The molecule has 0 unspecified atom stereocenters. The second-order valence-corrected chi connectivity index (χ2v) is 2.82. The van der Waals surface area contributed by atoms with E-state index in [1.54, 1.807) is 0 Å². The van der Waals surface area contributed by atoms with Crippen LogP contribution in [0.3, 0.4) is 0 Å². The molecule has 0 aromatic carbocycles. The number of hydrogen-bond acceptors (Lipinski definition) is 4. The Morgan fingerprint density at radius 3 is 2.60 bits per heavy atom. The van der Waals surface area contributed by atoms with Crippen LogP contribution in [-0.2, 0) is 9.53 Å². The maximum atomic E-state index is 11.1. The van der Waals surface area contributed by atoms with Gasteiger partial charge in [0.2, 0.25) is 5.91 Å². The van der Waals surface area contributed by atoms with Crippen LogP contribution >= 0.6 is 0 Å². The minimum atomic E-state index is -1.15. The first-order valence-electron chi connectivity index (χ1n) is 4.47. The van der Waals surface area contributed by atoms with Gasteiger partial charge in [-0.15, -0.1) is 0 Å². The summed E-state index contributed by atoms with van der Waals surface area (Å²) in [5.74, 6) is -0.382. The van der Waals surface area contributed by atoms with Crippen LogP contribution < -0.4 is 5.32 Å². The molecule has 0 rings (SSSR count). The van der Waals surface area contributed by atoms with Crippen molar-refractivity contribution >= 4 is 12.0 Å². The van der Waals surface area contributed by atoms with Crippen LogP contribution in [0, 0.1) is 0 Å². The first-order chi connectivity index (χ1) is 7.07. The Hall–Kier alpha value is -1.34. The lowest BCUT2D eigenvalue weighted by atomic mass is 10.5. The molecule has 0 atom stereocenters. The number of rotatable bonds is 7. The van der Waals surface area contributed by atoms with Gasteiger partial charge in [0.05, 0.1) is 19.8 Å². The van der Waals surface area contributed by atoms with E-state index in [0.717, 1.165) is 4.90 Å². The van der Waals surface area contributed by atoms with Crippen molar-refractivity contribution in [3.05, 3.63) is 0 Å². The van der Waals surface area contributed by atoms with Gasteiger partial charge in [0, 0.05) is 13.6 Å². The van der Waals surface area contributed by atoms with Gasteiger partial charge in [-0.2, -0.15) is 0 Å². The molecule has 0 saturated heterocycles. The summed E-state index contributed by atoms with van der Waals surface area (Å²) in [6, 6.07) is 0. The molecule has 3 N–H and O–H groups in total. The van der Waals surface area contributed by atoms with Crippen molar-refractivity contribution in [3.63, 3.8) is 0 Å². The summed E-state index contributed by atoms with van der Waals surface area (Å²) in [4.78, 5) is 22.3. The van der Waals surface area contributed by atoms with E-state index in [9.17, 15) is 9.59 Å². The number of hydrogen-bond donors (Lipinski definition) is 3. The Morgan fingerprint density at radius 1 is 1.40 bits per heavy atom. The number of nitrogens with zero attached hydrogens (tertiary/aromatic N) is 1. The molecule has 88 valence electrons. The minimum absolute atomic E-state index is 0.0598. The van der Waals surface area contributed by atoms with E-state index in [2.05, 4.69) is 5.32 Å². The molecule has 0 aliphatic heterocycles. The average Bonchev–Trinajstić information content (AvgIpc) is 2.17. The molecule has 0 saturated carbocycles. The highest BCUT2D eigenvalue weighted by Gasteiger charge is 2.09. The van der Waals surface area contributed by atoms with E-state index in [1.807, 2.05) is 0 Å². The van der Waals surface area contributed by atoms with Gasteiger partial charge in [-0.1, -0.05) is 0 Å². The highest BCUT2D eigenvalue weighted by atomic mass is 16.5. The molecule has 15 heavy (non-hydrogen) atoms. The Labute approximate surface area is 87.6 Å². The Kier molecular flexibility index (Phi) is 7.29. The molecular weight excluding hydrogens is 204 g/mol. The first-order valence-corrected chi connectivity index (χ1v) is 4.47. The summed E-state index contributed by atoms with van der Waals surface area (Å²) < 4.78 is 4.89. The van der Waals surface area contributed by atoms with Gasteiger partial charge in [0.1, 0.15) is 6.54 Å². The van der Waals surface area contributed by atoms with Gasteiger partial charge in [0.15, 0.2) is 0 Å². The third-order valence-corrected chi connectivity index (χ3v) is 1.51. The van der Waals surface area contributed by atoms with Gasteiger partial charge in [-0.25, -0.2) is 4.79 Å². The van der Waals surface area contributed by atoms with E-state index >= 15 is 0 Å². The molecule has 0 radical (unpaired) electrons. The van der Waals surface area contributed by atoms with Crippen molar-refractivity contribution in [2.45, 2.75) is 0 Å². The monoisotopic (exact) mass is 220 g/mol. The van der Waals surface area contributed by atoms with E-state index in [0.29, 0.717) is 13.2 Å².